The van der Waals surface area contributed by atoms with Gasteiger partial charge in [-0.05, 0) is 98.4 Å². The molecule has 3 saturated carbocycles. The summed E-state index contributed by atoms with van der Waals surface area (Å²) in [5.41, 5.74) is 3.57. The minimum absolute atomic E-state index is 0.0501. The van der Waals surface area contributed by atoms with Crippen LogP contribution in [0.25, 0.3) is 0 Å². The highest BCUT2D eigenvalue weighted by atomic mass is 16.5. The van der Waals surface area contributed by atoms with Crippen molar-refractivity contribution in [3.8, 4) is 0 Å². The van der Waals surface area contributed by atoms with Gasteiger partial charge in [-0.25, -0.2) is 0 Å². The molecular formula is C34H53NO4. The number of carbonyl (C=O) groups is 2. The molecule has 0 aromatic heterocycles. The van der Waals surface area contributed by atoms with Gasteiger partial charge in [0.2, 0.25) is 5.91 Å². The highest BCUT2D eigenvalue weighted by Crippen LogP contribution is 2.72. The van der Waals surface area contributed by atoms with E-state index in [0.717, 1.165) is 56.9 Å². The van der Waals surface area contributed by atoms with Crippen molar-refractivity contribution >= 4 is 11.9 Å². The molecule has 1 N–H and O–H groups in total. The van der Waals surface area contributed by atoms with Gasteiger partial charge >= 0.3 is 5.97 Å². The lowest BCUT2D eigenvalue weighted by Gasteiger charge is -2.58. The molecule has 5 heteroatoms. The maximum atomic E-state index is 12.0. The van der Waals surface area contributed by atoms with E-state index in [-0.39, 0.29) is 29.0 Å². The van der Waals surface area contributed by atoms with Gasteiger partial charge in [0.15, 0.2) is 0 Å². The smallest absolute Gasteiger partial charge is 0.305 e. The topological polar surface area (TPSA) is 64.6 Å². The second-order valence-corrected chi connectivity index (χ2v) is 14.4. The van der Waals surface area contributed by atoms with E-state index >= 15 is 0 Å². The maximum absolute atomic E-state index is 12.0. The summed E-state index contributed by atoms with van der Waals surface area (Å²) in [6, 6.07) is 0. The highest BCUT2D eigenvalue weighted by Gasteiger charge is 2.68. The molecule has 1 amide bonds. The Morgan fingerprint density at radius 1 is 1.18 bits per heavy atom. The van der Waals surface area contributed by atoms with Crippen LogP contribution in [0.15, 0.2) is 23.0 Å². The lowest BCUT2D eigenvalue weighted by Crippen LogP contribution is -2.50. The molecule has 0 radical (unpaired) electrons. The fourth-order valence-corrected chi connectivity index (χ4v) is 10.1. The van der Waals surface area contributed by atoms with Gasteiger partial charge in [-0.2, -0.15) is 0 Å². The van der Waals surface area contributed by atoms with Gasteiger partial charge in [-0.3, -0.25) is 9.59 Å². The van der Waals surface area contributed by atoms with Gasteiger partial charge in [-0.1, -0.05) is 46.3 Å². The lowest BCUT2D eigenvalue weighted by molar-refractivity contribution is -0.151. The van der Waals surface area contributed by atoms with E-state index in [1.54, 1.807) is 12.5 Å². The molecule has 3 fully saturated rings. The molecule has 39 heavy (non-hydrogen) atoms. The molecule has 0 aromatic carbocycles. The monoisotopic (exact) mass is 539 g/mol. The standard InChI is InChI=1S/C34H53NO4/c1-8-30(37)38-25-14-16-32(6)24(18-25)11-12-26-27(32)15-17-33(7)28(26)19-34(9-2)31(33)22(4)29(39-34)13-10-21(3)20-35-23(5)36/h11,21,25-28,31H,8-10,12-20H2,1-7H3,(H,35,36)/t21?,25?,26?,27?,28?,31?,32-,33+,34+/m0/s1. The molecule has 0 spiro atoms. The van der Waals surface area contributed by atoms with Gasteiger partial charge in [0, 0.05) is 38.6 Å². The predicted octanol–water partition coefficient (Wildman–Crippen LogP) is 7.50. The Morgan fingerprint density at radius 3 is 2.64 bits per heavy atom. The minimum atomic E-state index is -0.0568. The van der Waals surface area contributed by atoms with Crippen molar-refractivity contribution in [1.29, 1.82) is 0 Å². The van der Waals surface area contributed by atoms with Gasteiger partial charge < -0.3 is 14.8 Å². The Kier molecular flexibility index (Phi) is 7.78. The lowest BCUT2D eigenvalue weighted by atomic mass is 9.47. The fraction of sp³-hybridized carbons (Fsp3) is 0.824. The van der Waals surface area contributed by atoms with Crippen LogP contribution in [0.1, 0.15) is 119 Å². The molecule has 5 rings (SSSR count). The van der Waals surface area contributed by atoms with Crippen LogP contribution in [0, 0.1) is 40.4 Å². The number of carbonyl (C=O) groups excluding carboxylic acids is 2. The van der Waals surface area contributed by atoms with Crippen molar-refractivity contribution in [2.45, 2.75) is 131 Å². The third-order valence-electron chi connectivity index (χ3n) is 12.2. The Morgan fingerprint density at radius 2 is 1.95 bits per heavy atom. The third-order valence-corrected chi connectivity index (χ3v) is 12.2. The second kappa shape index (κ2) is 10.6. The average molecular weight is 540 g/mol. The van der Waals surface area contributed by atoms with Crippen molar-refractivity contribution in [3.05, 3.63) is 23.0 Å². The summed E-state index contributed by atoms with van der Waals surface area (Å²) in [4.78, 5) is 23.3. The van der Waals surface area contributed by atoms with Crippen molar-refractivity contribution in [1.82, 2.24) is 5.32 Å². The van der Waals surface area contributed by atoms with Crippen molar-refractivity contribution in [3.63, 3.8) is 0 Å². The number of fused-ring (bicyclic) bond motifs is 7. The number of ether oxygens (including phenoxy) is 2. The average Bonchev–Trinajstić information content (AvgIpc) is 3.34. The molecular weight excluding hydrogens is 486 g/mol. The first-order valence-electron chi connectivity index (χ1n) is 16.0. The molecule has 9 atom stereocenters. The summed E-state index contributed by atoms with van der Waals surface area (Å²) >= 11 is 0. The van der Waals surface area contributed by atoms with Gasteiger partial charge in [0.05, 0.1) is 5.76 Å². The fourth-order valence-electron chi connectivity index (χ4n) is 10.1. The van der Waals surface area contributed by atoms with Crippen LogP contribution in [0.5, 0.6) is 0 Å². The summed E-state index contributed by atoms with van der Waals surface area (Å²) in [6.07, 6.45) is 14.2. The van der Waals surface area contributed by atoms with Crippen LogP contribution >= 0.6 is 0 Å². The molecule has 1 aliphatic heterocycles. The number of hydrogen-bond acceptors (Lipinski definition) is 4. The largest absolute Gasteiger partial charge is 0.491 e. The van der Waals surface area contributed by atoms with Gasteiger partial charge in [-0.15, -0.1) is 0 Å². The van der Waals surface area contributed by atoms with E-state index in [1.807, 2.05) is 6.92 Å². The molecule has 4 aliphatic carbocycles. The van der Waals surface area contributed by atoms with Crippen molar-refractivity contribution in [2.75, 3.05) is 6.54 Å². The minimum Gasteiger partial charge on any atom is -0.491 e. The van der Waals surface area contributed by atoms with E-state index in [2.05, 4.69) is 46.0 Å². The van der Waals surface area contributed by atoms with Gasteiger partial charge in [0.1, 0.15) is 11.7 Å². The van der Waals surface area contributed by atoms with Crippen LogP contribution in [-0.2, 0) is 19.1 Å². The maximum Gasteiger partial charge on any atom is 0.305 e. The predicted molar refractivity (Wildman–Crippen MR) is 155 cm³/mol. The van der Waals surface area contributed by atoms with Crippen molar-refractivity contribution < 1.29 is 19.1 Å². The first-order chi connectivity index (χ1) is 18.5. The van der Waals surface area contributed by atoms with Crippen LogP contribution in [0.3, 0.4) is 0 Å². The van der Waals surface area contributed by atoms with E-state index < -0.39 is 0 Å². The van der Waals surface area contributed by atoms with E-state index in [1.165, 1.54) is 37.0 Å². The molecule has 6 unspecified atom stereocenters. The molecule has 1 heterocycles. The van der Waals surface area contributed by atoms with Crippen molar-refractivity contribution in [2.24, 2.45) is 40.4 Å². The second-order valence-electron chi connectivity index (χ2n) is 14.4. The number of amides is 1. The first-order valence-corrected chi connectivity index (χ1v) is 16.0. The molecule has 5 nitrogen and oxygen atoms in total. The summed E-state index contributed by atoms with van der Waals surface area (Å²) in [5, 5.41) is 2.97. The Hall–Kier alpha value is -1.78. The van der Waals surface area contributed by atoms with Crippen LogP contribution in [0.4, 0.5) is 0 Å². The molecule has 5 aliphatic rings. The zero-order chi connectivity index (χ0) is 28.2. The quantitative estimate of drug-likeness (QED) is 0.256. The summed E-state index contributed by atoms with van der Waals surface area (Å²) < 4.78 is 12.9. The third kappa shape index (κ3) is 4.78. The van der Waals surface area contributed by atoms with Gasteiger partial charge in [0.25, 0.3) is 0 Å². The van der Waals surface area contributed by atoms with Crippen LogP contribution < -0.4 is 5.32 Å². The number of hydrogen-bond donors (Lipinski definition) is 1. The zero-order valence-corrected chi connectivity index (χ0v) is 25.7. The Balaban J connectivity index is 1.34. The summed E-state index contributed by atoms with van der Waals surface area (Å²) in [7, 11) is 0. The SMILES string of the molecule is CCC(=O)OC1CC[C@@]2(C)C(=CCC3C4C[C@@]5(CC)OC(CCC(C)CNC(C)=O)=C(C)C5[C@]4(C)CCC32)C1. The molecule has 218 valence electrons. The number of nitrogens with one attached hydrogen (secondary N) is 1. The van der Waals surface area contributed by atoms with Crippen LogP contribution in [0.2, 0.25) is 0 Å². The first kappa shape index (κ1) is 28.7. The van der Waals surface area contributed by atoms with E-state index in [9.17, 15) is 9.59 Å². The Labute approximate surface area is 236 Å². The highest BCUT2D eigenvalue weighted by molar-refractivity contribution is 5.72. The normalized spacial score (nSPS) is 41.4. The Bertz CT molecular complexity index is 1050. The summed E-state index contributed by atoms with van der Waals surface area (Å²) in [5.74, 6) is 4.35. The number of rotatable bonds is 8. The zero-order valence-electron chi connectivity index (χ0n) is 25.7. The number of allylic oxidation sites excluding steroid dienone is 2. The van der Waals surface area contributed by atoms with Crippen LogP contribution in [-0.4, -0.2) is 30.1 Å². The molecule has 0 saturated heterocycles. The molecule has 0 aromatic rings. The summed E-state index contributed by atoms with van der Waals surface area (Å²) in [6.45, 7) is 16.3. The van der Waals surface area contributed by atoms with E-state index in [0.29, 0.717) is 29.6 Å². The number of esters is 1. The molecule has 0 bridgehead atoms. The van der Waals surface area contributed by atoms with E-state index in [4.69, 9.17) is 9.47 Å².